The second-order valence-electron chi connectivity index (χ2n) is 4.70. The van der Waals surface area contributed by atoms with Gasteiger partial charge in [-0.05, 0) is 0 Å². The highest BCUT2D eigenvalue weighted by Crippen LogP contribution is 2.08. The largest absolute Gasteiger partial charge is 0.379 e. The SMILES string of the molecule is O=C1C=C(CCOCCOCCC2=CC(=O)NC2=O)C(=O)N1. The Hall–Kier alpha value is -2.32. The lowest BCUT2D eigenvalue weighted by Crippen LogP contribution is -2.22. The molecule has 0 bridgehead atoms. The minimum atomic E-state index is -0.396. The molecule has 8 heteroatoms. The topological polar surface area (TPSA) is 111 Å². The Kier molecular flexibility index (Phi) is 5.56. The molecule has 0 radical (unpaired) electrons. The summed E-state index contributed by atoms with van der Waals surface area (Å²) in [6.07, 6.45) is 3.27. The number of carbonyl (C=O) groups excluding carboxylic acids is 4. The third-order valence-electron chi connectivity index (χ3n) is 3.07. The highest BCUT2D eigenvalue weighted by atomic mass is 16.5. The fourth-order valence-corrected chi connectivity index (χ4v) is 1.96. The summed E-state index contributed by atoms with van der Waals surface area (Å²) in [5.74, 6) is -1.54. The third-order valence-corrected chi connectivity index (χ3v) is 3.07. The van der Waals surface area contributed by atoms with Crippen LogP contribution in [0.1, 0.15) is 12.8 Å². The molecule has 0 aliphatic carbocycles. The van der Waals surface area contributed by atoms with Crippen molar-refractivity contribution in [3.63, 3.8) is 0 Å². The zero-order valence-corrected chi connectivity index (χ0v) is 11.8. The summed E-state index contributed by atoms with van der Waals surface area (Å²) >= 11 is 0. The van der Waals surface area contributed by atoms with Crippen molar-refractivity contribution in [2.45, 2.75) is 12.8 Å². The lowest BCUT2D eigenvalue weighted by Gasteiger charge is -2.06. The number of rotatable bonds is 9. The molecule has 2 rings (SSSR count). The van der Waals surface area contributed by atoms with E-state index in [2.05, 4.69) is 10.6 Å². The van der Waals surface area contributed by atoms with Crippen LogP contribution in [0.2, 0.25) is 0 Å². The molecule has 2 aliphatic rings. The van der Waals surface area contributed by atoms with Crippen LogP contribution in [0.3, 0.4) is 0 Å². The number of nitrogens with one attached hydrogen (secondary N) is 2. The standard InChI is InChI=1S/C14H16N2O6/c17-11-7-9(13(19)15-11)1-3-21-5-6-22-4-2-10-8-12(18)16-14(10)20/h7-8H,1-6H2,(H,15,17,19)(H,16,18,20). The monoisotopic (exact) mass is 308 g/mol. The van der Waals surface area contributed by atoms with Crippen LogP contribution >= 0.6 is 0 Å². The normalized spacial score (nSPS) is 17.5. The van der Waals surface area contributed by atoms with Crippen LogP contribution in [0.4, 0.5) is 0 Å². The maximum atomic E-state index is 11.2. The molecule has 118 valence electrons. The molecule has 0 aromatic carbocycles. The minimum Gasteiger partial charge on any atom is -0.379 e. The molecule has 0 atom stereocenters. The molecular formula is C14H16N2O6. The van der Waals surface area contributed by atoms with Gasteiger partial charge in [0.1, 0.15) is 0 Å². The Morgan fingerprint density at radius 3 is 1.41 bits per heavy atom. The number of ether oxygens (including phenoxy) is 2. The third kappa shape index (κ3) is 4.61. The second-order valence-corrected chi connectivity index (χ2v) is 4.70. The molecule has 2 aliphatic heterocycles. The van der Waals surface area contributed by atoms with Gasteiger partial charge < -0.3 is 9.47 Å². The smallest absolute Gasteiger partial charge is 0.254 e. The number of carbonyl (C=O) groups is 4. The molecule has 0 fully saturated rings. The molecule has 0 saturated heterocycles. The first-order valence-electron chi connectivity index (χ1n) is 6.83. The van der Waals surface area contributed by atoms with Gasteiger partial charge in [0.15, 0.2) is 0 Å². The van der Waals surface area contributed by atoms with Crippen molar-refractivity contribution < 1.29 is 28.7 Å². The quantitative estimate of drug-likeness (QED) is 0.416. The van der Waals surface area contributed by atoms with E-state index in [1.54, 1.807) is 0 Å². The maximum Gasteiger partial charge on any atom is 0.254 e. The molecule has 0 aromatic heterocycles. The summed E-state index contributed by atoms with van der Waals surface area (Å²) < 4.78 is 10.6. The number of amides is 4. The van der Waals surface area contributed by atoms with E-state index in [1.165, 1.54) is 12.2 Å². The molecular weight excluding hydrogens is 292 g/mol. The molecule has 0 aromatic rings. The van der Waals surface area contributed by atoms with Crippen molar-refractivity contribution in [3.8, 4) is 0 Å². The maximum absolute atomic E-state index is 11.2. The van der Waals surface area contributed by atoms with Crippen molar-refractivity contribution in [2.24, 2.45) is 0 Å². The average Bonchev–Trinajstić information content (AvgIpc) is 2.94. The van der Waals surface area contributed by atoms with Gasteiger partial charge in [0.2, 0.25) is 0 Å². The van der Waals surface area contributed by atoms with Gasteiger partial charge in [0, 0.05) is 36.1 Å². The van der Waals surface area contributed by atoms with E-state index in [4.69, 9.17) is 9.47 Å². The Labute approximate surface area is 126 Å². The Morgan fingerprint density at radius 1 is 0.682 bits per heavy atom. The summed E-state index contributed by atoms with van der Waals surface area (Å²) in [7, 11) is 0. The predicted molar refractivity (Wildman–Crippen MR) is 73.3 cm³/mol. The van der Waals surface area contributed by atoms with E-state index in [1.807, 2.05) is 0 Å². The van der Waals surface area contributed by atoms with Crippen molar-refractivity contribution >= 4 is 23.6 Å². The molecule has 8 nitrogen and oxygen atoms in total. The van der Waals surface area contributed by atoms with E-state index < -0.39 is 11.8 Å². The first-order chi connectivity index (χ1) is 10.6. The van der Waals surface area contributed by atoms with Gasteiger partial charge in [-0.2, -0.15) is 0 Å². The van der Waals surface area contributed by atoms with Crippen molar-refractivity contribution in [1.82, 2.24) is 10.6 Å². The fraction of sp³-hybridized carbons (Fsp3) is 0.429. The molecule has 0 unspecified atom stereocenters. The Bertz CT molecular complexity index is 514. The van der Waals surface area contributed by atoms with Crippen LogP contribution in [0.15, 0.2) is 23.3 Å². The lowest BCUT2D eigenvalue weighted by molar-refractivity contribution is -0.125. The van der Waals surface area contributed by atoms with Crippen LogP contribution in [0.25, 0.3) is 0 Å². The molecule has 2 heterocycles. The van der Waals surface area contributed by atoms with Gasteiger partial charge in [-0.15, -0.1) is 0 Å². The summed E-state index contributed by atoms with van der Waals surface area (Å²) in [4.78, 5) is 44.2. The zero-order valence-electron chi connectivity index (χ0n) is 11.8. The van der Waals surface area contributed by atoms with Crippen LogP contribution in [0, 0.1) is 0 Å². The zero-order chi connectivity index (χ0) is 15.9. The summed E-state index contributed by atoms with van der Waals surface area (Å²) in [6.45, 7) is 1.32. The summed E-state index contributed by atoms with van der Waals surface area (Å²) in [5.41, 5.74) is 0.824. The van der Waals surface area contributed by atoms with E-state index in [9.17, 15) is 19.2 Å². The van der Waals surface area contributed by atoms with Crippen molar-refractivity contribution in [3.05, 3.63) is 23.3 Å². The predicted octanol–water partition coefficient (Wildman–Crippen LogP) is -1.03. The van der Waals surface area contributed by atoms with Crippen molar-refractivity contribution in [1.29, 1.82) is 0 Å². The summed E-state index contributed by atoms with van der Waals surface area (Å²) in [5, 5.41) is 4.31. The molecule has 0 saturated carbocycles. The van der Waals surface area contributed by atoms with Crippen LogP contribution < -0.4 is 10.6 Å². The molecule has 4 amide bonds. The Balaban J connectivity index is 1.48. The minimum absolute atomic E-state index is 0.317. The van der Waals surface area contributed by atoms with Crippen LogP contribution in [-0.2, 0) is 28.7 Å². The van der Waals surface area contributed by atoms with E-state index in [-0.39, 0.29) is 11.8 Å². The summed E-state index contributed by atoms with van der Waals surface area (Å²) in [6, 6.07) is 0. The van der Waals surface area contributed by atoms with Gasteiger partial charge in [0.05, 0.1) is 26.4 Å². The lowest BCUT2D eigenvalue weighted by atomic mass is 10.2. The van der Waals surface area contributed by atoms with Gasteiger partial charge >= 0.3 is 0 Å². The average molecular weight is 308 g/mol. The number of hydrogen-bond acceptors (Lipinski definition) is 6. The van der Waals surface area contributed by atoms with Crippen LogP contribution in [0.5, 0.6) is 0 Å². The molecule has 22 heavy (non-hydrogen) atoms. The van der Waals surface area contributed by atoms with Gasteiger partial charge in [-0.3, -0.25) is 29.8 Å². The Morgan fingerprint density at radius 2 is 1.09 bits per heavy atom. The fourth-order valence-electron chi connectivity index (χ4n) is 1.96. The second kappa shape index (κ2) is 7.62. The first-order valence-corrected chi connectivity index (χ1v) is 6.83. The number of imide groups is 2. The molecule has 0 spiro atoms. The highest BCUT2D eigenvalue weighted by molar-refractivity contribution is 6.16. The van der Waals surface area contributed by atoms with Gasteiger partial charge in [-0.25, -0.2) is 0 Å². The van der Waals surface area contributed by atoms with Gasteiger partial charge in [-0.1, -0.05) is 0 Å². The van der Waals surface area contributed by atoms with Crippen LogP contribution in [-0.4, -0.2) is 50.1 Å². The van der Waals surface area contributed by atoms with Gasteiger partial charge in [0.25, 0.3) is 23.6 Å². The van der Waals surface area contributed by atoms with E-state index in [0.717, 1.165) is 0 Å². The number of hydrogen-bond donors (Lipinski definition) is 2. The molecule has 2 N–H and O–H groups in total. The highest BCUT2D eigenvalue weighted by Gasteiger charge is 2.20. The van der Waals surface area contributed by atoms with Crippen molar-refractivity contribution in [2.75, 3.05) is 26.4 Å². The van der Waals surface area contributed by atoms with E-state index >= 15 is 0 Å². The first kappa shape index (κ1) is 16.1. The van der Waals surface area contributed by atoms with E-state index in [0.29, 0.717) is 50.4 Å².